The maximum atomic E-state index is 8.64. The van der Waals surface area contributed by atoms with Crippen LogP contribution in [0.3, 0.4) is 0 Å². The molecule has 0 bridgehead atoms. The van der Waals surface area contributed by atoms with Crippen molar-refractivity contribution >= 4 is 17.2 Å². The third kappa shape index (κ3) is 2.38. The van der Waals surface area contributed by atoms with Gasteiger partial charge in [-0.15, -0.1) is 0 Å². The second-order valence-corrected chi connectivity index (χ2v) is 4.22. The van der Waals surface area contributed by atoms with Gasteiger partial charge < -0.3 is 5.32 Å². The van der Waals surface area contributed by atoms with Gasteiger partial charge in [0.1, 0.15) is 11.9 Å². The van der Waals surface area contributed by atoms with Gasteiger partial charge in [0.2, 0.25) is 0 Å². The molecule has 0 unspecified atom stereocenters. The van der Waals surface area contributed by atoms with E-state index >= 15 is 0 Å². The predicted molar refractivity (Wildman–Crippen MR) is 65.3 cm³/mol. The van der Waals surface area contributed by atoms with E-state index in [-0.39, 0.29) is 0 Å². The molecule has 0 atom stereocenters. The lowest BCUT2D eigenvalue weighted by Crippen LogP contribution is -2.01. The molecule has 0 aliphatic heterocycles. The zero-order chi connectivity index (χ0) is 11.4. The molecule has 0 spiro atoms. The number of aromatic nitrogens is 1. The molecular weight excluding hydrogens is 218 g/mol. The predicted octanol–water partition coefficient (Wildman–Crippen LogP) is 2.94. The van der Waals surface area contributed by atoms with E-state index in [1.807, 2.05) is 12.1 Å². The molecule has 4 heteroatoms. The van der Waals surface area contributed by atoms with Gasteiger partial charge in [-0.05, 0) is 40.9 Å². The van der Waals surface area contributed by atoms with Crippen LogP contribution in [0.15, 0.2) is 29.1 Å². The number of thiophene rings is 1. The van der Waals surface area contributed by atoms with Crippen LogP contribution in [-0.4, -0.2) is 4.98 Å². The minimum atomic E-state index is 0.581. The Labute approximate surface area is 98.4 Å². The van der Waals surface area contributed by atoms with Crippen molar-refractivity contribution in [2.45, 2.75) is 13.5 Å². The first-order chi connectivity index (χ1) is 7.79. The summed E-state index contributed by atoms with van der Waals surface area (Å²) in [6.07, 6.45) is 1.57. The lowest BCUT2D eigenvalue weighted by molar-refractivity contribution is 1.10. The standard InChI is InChI=1S/C12H11N3S/c1-9-7-16-8-11(9)6-15-12-3-2-10(4-13)5-14-12/h2-3,5,7-8H,6H2,1H3,(H,14,15). The topological polar surface area (TPSA) is 48.7 Å². The highest BCUT2D eigenvalue weighted by Crippen LogP contribution is 2.15. The summed E-state index contributed by atoms with van der Waals surface area (Å²) in [4.78, 5) is 4.15. The van der Waals surface area contributed by atoms with Gasteiger partial charge in [0.15, 0.2) is 0 Å². The van der Waals surface area contributed by atoms with Gasteiger partial charge in [-0.3, -0.25) is 0 Å². The Morgan fingerprint density at radius 1 is 1.44 bits per heavy atom. The molecule has 0 aliphatic rings. The van der Waals surface area contributed by atoms with Crippen molar-refractivity contribution in [2.75, 3.05) is 5.32 Å². The van der Waals surface area contributed by atoms with E-state index in [1.165, 1.54) is 11.1 Å². The molecule has 2 rings (SSSR count). The van der Waals surface area contributed by atoms with Crippen LogP contribution in [0.1, 0.15) is 16.7 Å². The fraction of sp³-hybridized carbons (Fsp3) is 0.167. The summed E-state index contributed by atoms with van der Waals surface area (Å²) in [6.45, 7) is 2.87. The first-order valence-electron chi connectivity index (χ1n) is 4.91. The van der Waals surface area contributed by atoms with Crippen molar-refractivity contribution in [3.63, 3.8) is 0 Å². The van der Waals surface area contributed by atoms with E-state index < -0.39 is 0 Å². The van der Waals surface area contributed by atoms with Crippen LogP contribution in [0.25, 0.3) is 0 Å². The highest BCUT2D eigenvalue weighted by molar-refractivity contribution is 7.08. The number of nitrogens with zero attached hydrogens (tertiary/aromatic N) is 2. The van der Waals surface area contributed by atoms with E-state index in [2.05, 4.69) is 28.0 Å². The van der Waals surface area contributed by atoms with Gasteiger partial charge in [0, 0.05) is 12.7 Å². The molecule has 0 aromatic carbocycles. The minimum Gasteiger partial charge on any atom is -0.366 e. The van der Waals surface area contributed by atoms with E-state index in [0.717, 1.165) is 12.4 Å². The summed E-state index contributed by atoms with van der Waals surface area (Å²) in [5.41, 5.74) is 3.17. The van der Waals surface area contributed by atoms with Gasteiger partial charge in [0.05, 0.1) is 5.56 Å². The van der Waals surface area contributed by atoms with Crippen molar-refractivity contribution in [3.05, 3.63) is 45.8 Å². The van der Waals surface area contributed by atoms with Gasteiger partial charge in [-0.25, -0.2) is 4.98 Å². The summed E-state index contributed by atoms with van der Waals surface area (Å²) in [5, 5.41) is 16.1. The fourth-order valence-corrected chi connectivity index (χ4v) is 2.18. The zero-order valence-corrected chi connectivity index (χ0v) is 9.71. The van der Waals surface area contributed by atoms with Crippen LogP contribution in [0.2, 0.25) is 0 Å². The first kappa shape index (κ1) is 10.7. The van der Waals surface area contributed by atoms with Crippen LogP contribution in [0.5, 0.6) is 0 Å². The molecule has 16 heavy (non-hydrogen) atoms. The van der Waals surface area contributed by atoms with Crippen LogP contribution in [-0.2, 0) is 6.54 Å². The molecule has 2 heterocycles. The summed E-state index contributed by atoms with van der Waals surface area (Å²) in [6, 6.07) is 5.62. The SMILES string of the molecule is Cc1cscc1CNc1ccc(C#N)cn1. The lowest BCUT2D eigenvalue weighted by Gasteiger charge is -2.04. The molecule has 0 saturated carbocycles. The van der Waals surface area contributed by atoms with Crippen LogP contribution in [0.4, 0.5) is 5.82 Å². The molecular formula is C12H11N3S. The molecule has 0 fully saturated rings. The average Bonchev–Trinajstić information content (AvgIpc) is 2.73. The second-order valence-electron chi connectivity index (χ2n) is 3.48. The monoisotopic (exact) mass is 229 g/mol. The summed E-state index contributed by atoms with van der Waals surface area (Å²) < 4.78 is 0. The average molecular weight is 229 g/mol. The highest BCUT2D eigenvalue weighted by Gasteiger charge is 1.99. The quantitative estimate of drug-likeness (QED) is 0.880. The Balaban J connectivity index is 2.00. The molecule has 0 amide bonds. The van der Waals surface area contributed by atoms with E-state index in [9.17, 15) is 0 Å². The molecule has 0 saturated heterocycles. The van der Waals surface area contributed by atoms with Gasteiger partial charge >= 0.3 is 0 Å². The lowest BCUT2D eigenvalue weighted by atomic mass is 10.2. The van der Waals surface area contributed by atoms with Crippen LogP contribution >= 0.6 is 11.3 Å². The zero-order valence-electron chi connectivity index (χ0n) is 8.90. The number of hydrogen-bond donors (Lipinski definition) is 1. The minimum absolute atomic E-state index is 0.581. The second kappa shape index (κ2) is 4.77. The number of rotatable bonds is 3. The number of aryl methyl sites for hydroxylation is 1. The number of hydrogen-bond acceptors (Lipinski definition) is 4. The number of nitriles is 1. The maximum Gasteiger partial charge on any atom is 0.126 e. The van der Waals surface area contributed by atoms with Gasteiger partial charge in [0.25, 0.3) is 0 Å². The van der Waals surface area contributed by atoms with Gasteiger partial charge in [-0.1, -0.05) is 0 Å². The third-order valence-electron chi connectivity index (χ3n) is 2.31. The van der Waals surface area contributed by atoms with Gasteiger partial charge in [-0.2, -0.15) is 16.6 Å². The Morgan fingerprint density at radius 3 is 2.88 bits per heavy atom. The summed E-state index contributed by atoms with van der Waals surface area (Å²) in [5.74, 6) is 0.796. The third-order valence-corrected chi connectivity index (χ3v) is 3.22. The number of anilines is 1. The molecule has 2 aromatic heterocycles. The summed E-state index contributed by atoms with van der Waals surface area (Å²) >= 11 is 1.70. The Kier molecular flexibility index (Phi) is 3.18. The van der Waals surface area contributed by atoms with E-state index in [0.29, 0.717) is 5.56 Å². The summed E-state index contributed by atoms with van der Waals surface area (Å²) in [7, 11) is 0. The highest BCUT2D eigenvalue weighted by atomic mass is 32.1. The van der Waals surface area contributed by atoms with E-state index in [1.54, 1.807) is 23.6 Å². The number of nitrogens with one attached hydrogen (secondary N) is 1. The molecule has 80 valence electrons. The molecule has 0 radical (unpaired) electrons. The fourth-order valence-electron chi connectivity index (χ4n) is 1.32. The van der Waals surface area contributed by atoms with Crippen LogP contribution in [0, 0.1) is 18.3 Å². The number of pyridine rings is 1. The largest absolute Gasteiger partial charge is 0.366 e. The molecule has 3 nitrogen and oxygen atoms in total. The normalized spacial score (nSPS) is 9.75. The molecule has 1 N–H and O–H groups in total. The van der Waals surface area contributed by atoms with E-state index in [4.69, 9.17) is 5.26 Å². The Morgan fingerprint density at radius 2 is 2.31 bits per heavy atom. The Bertz CT molecular complexity index is 508. The van der Waals surface area contributed by atoms with Crippen molar-refractivity contribution in [2.24, 2.45) is 0 Å². The van der Waals surface area contributed by atoms with Crippen molar-refractivity contribution in [1.29, 1.82) is 5.26 Å². The molecule has 2 aromatic rings. The first-order valence-corrected chi connectivity index (χ1v) is 5.85. The smallest absolute Gasteiger partial charge is 0.126 e. The van der Waals surface area contributed by atoms with Crippen molar-refractivity contribution in [3.8, 4) is 6.07 Å². The van der Waals surface area contributed by atoms with Crippen LogP contribution < -0.4 is 5.32 Å². The maximum absolute atomic E-state index is 8.64. The van der Waals surface area contributed by atoms with Crippen molar-refractivity contribution in [1.82, 2.24) is 4.98 Å². The van der Waals surface area contributed by atoms with Crippen molar-refractivity contribution < 1.29 is 0 Å². The Hall–Kier alpha value is -1.86. The molecule has 0 aliphatic carbocycles.